The molecule has 0 atom stereocenters. The Balaban J connectivity index is 1.68. The van der Waals surface area contributed by atoms with Crippen molar-refractivity contribution >= 4 is 41.0 Å². The molecule has 0 amide bonds. The maximum Gasteiger partial charge on any atom is 0.136 e. The van der Waals surface area contributed by atoms with Crippen molar-refractivity contribution in [2.75, 3.05) is 28.4 Å². The Hall–Kier alpha value is -2.51. The van der Waals surface area contributed by atoms with Crippen LogP contribution in [-0.2, 0) is 0 Å². The van der Waals surface area contributed by atoms with E-state index in [9.17, 15) is 0 Å². The van der Waals surface area contributed by atoms with E-state index in [1.54, 1.807) is 6.20 Å². The fourth-order valence-electron chi connectivity index (χ4n) is 3.16. The quantitative estimate of drug-likeness (QED) is 0.402. The van der Waals surface area contributed by atoms with Crippen molar-refractivity contribution in [3.63, 3.8) is 0 Å². The topological polar surface area (TPSA) is 74.8 Å². The first-order valence-electron chi connectivity index (χ1n) is 9.70. The Labute approximate surface area is 180 Å². The van der Waals surface area contributed by atoms with Gasteiger partial charge in [-0.05, 0) is 68.1 Å². The molecular weight excluding hydrogens is 404 g/mol. The predicted molar refractivity (Wildman–Crippen MR) is 122 cm³/mol. The Kier molecular flexibility index (Phi) is 6.36. The number of aromatic nitrogens is 3. The average molecular weight is 427 g/mol. The van der Waals surface area contributed by atoms with E-state index < -0.39 is 0 Å². The Morgan fingerprint density at radius 2 is 1.83 bits per heavy atom. The van der Waals surface area contributed by atoms with Crippen LogP contribution in [0.5, 0.6) is 0 Å². The van der Waals surface area contributed by atoms with E-state index in [2.05, 4.69) is 44.4 Å². The molecule has 0 aliphatic carbocycles. The van der Waals surface area contributed by atoms with Crippen LogP contribution in [0, 0.1) is 6.92 Å². The summed E-state index contributed by atoms with van der Waals surface area (Å²) >= 11 is 7.92. The number of halogens is 1. The average Bonchev–Trinajstić information content (AvgIpc) is 2.72. The van der Waals surface area contributed by atoms with Crippen molar-refractivity contribution in [3.05, 3.63) is 53.2 Å². The number of pyridine rings is 3. The maximum atomic E-state index is 6.48. The van der Waals surface area contributed by atoms with Gasteiger partial charge in [-0.15, -0.1) is 0 Å². The fourth-order valence-corrected chi connectivity index (χ4v) is 4.08. The normalized spacial score (nSPS) is 14.6. The van der Waals surface area contributed by atoms with Crippen LogP contribution in [0.2, 0.25) is 5.02 Å². The molecule has 1 aliphatic heterocycles. The minimum atomic E-state index is 0.592. The van der Waals surface area contributed by atoms with Crippen molar-refractivity contribution < 1.29 is 0 Å². The summed E-state index contributed by atoms with van der Waals surface area (Å²) < 4.78 is 3.29. The van der Waals surface area contributed by atoms with Crippen LogP contribution in [0.3, 0.4) is 0 Å². The number of anilines is 3. The highest BCUT2D eigenvalue weighted by Crippen LogP contribution is 2.32. The molecule has 0 unspecified atom stereocenters. The molecule has 4 heterocycles. The zero-order valence-corrected chi connectivity index (χ0v) is 17.8. The van der Waals surface area contributed by atoms with Gasteiger partial charge in [0.25, 0.3) is 0 Å². The summed E-state index contributed by atoms with van der Waals surface area (Å²) in [5.41, 5.74) is 2.77. The molecule has 3 aromatic heterocycles. The lowest BCUT2D eigenvalue weighted by Gasteiger charge is -2.13. The summed E-state index contributed by atoms with van der Waals surface area (Å²) in [4.78, 5) is 13.9. The van der Waals surface area contributed by atoms with Gasteiger partial charge in [-0.2, -0.15) is 0 Å². The van der Waals surface area contributed by atoms with Gasteiger partial charge in [0.15, 0.2) is 0 Å². The van der Waals surface area contributed by atoms with Crippen molar-refractivity contribution in [1.82, 2.24) is 15.0 Å². The molecule has 6 nitrogen and oxygen atoms in total. The third kappa shape index (κ3) is 5.10. The molecule has 0 saturated heterocycles. The van der Waals surface area contributed by atoms with Crippen molar-refractivity contribution in [1.29, 1.82) is 0 Å². The molecule has 3 N–H and O–H groups in total. The molecule has 0 saturated carbocycles. The standard InChI is InChI=1S/C21H23ClN6S/c1-14-12-18-23-9-3-2-4-10-24-21-15(6-5-11-25-21)20-16(22)7-8-17(27-20)28-29-19(13-14)26-18/h5-8,11-13H,2-4,9-10H2,1H3,(H,23,26)(H,24,25)(H,27,28). The second-order valence-corrected chi connectivity index (χ2v) is 8.15. The lowest BCUT2D eigenvalue weighted by atomic mass is 10.1. The van der Waals surface area contributed by atoms with E-state index in [4.69, 9.17) is 16.6 Å². The van der Waals surface area contributed by atoms with Crippen molar-refractivity contribution in [3.8, 4) is 11.3 Å². The van der Waals surface area contributed by atoms with Crippen molar-refractivity contribution in [2.24, 2.45) is 0 Å². The molecule has 4 bridgehead atoms. The first-order chi connectivity index (χ1) is 14.2. The van der Waals surface area contributed by atoms with E-state index in [0.717, 1.165) is 54.6 Å². The highest BCUT2D eigenvalue weighted by Gasteiger charge is 2.13. The summed E-state index contributed by atoms with van der Waals surface area (Å²) in [6.45, 7) is 3.83. The van der Waals surface area contributed by atoms with E-state index in [1.807, 2.05) is 24.3 Å². The number of nitrogens with one attached hydrogen (secondary N) is 3. The Bertz CT molecular complexity index is 997. The number of fused-ring (bicyclic) bond motifs is 6. The highest BCUT2D eigenvalue weighted by atomic mass is 35.5. The summed E-state index contributed by atoms with van der Waals surface area (Å²) in [5, 5.41) is 8.35. The molecule has 0 fully saturated rings. The second kappa shape index (κ2) is 9.33. The second-order valence-electron chi connectivity index (χ2n) is 6.91. The predicted octanol–water partition coefficient (Wildman–Crippen LogP) is 5.63. The van der Waals surface area contributed by atoms with Gasteiger partial charge in [0, 0.05) is 36.8 Å². The van der Waals surface area contributed by atoms with Gasteiger partial charge in [-0.3, -0.25) is 0 Å². The zero-order valence-electron chi connectivity index (χ0n) is 16.2. The Morgan fingerprint density at radius 3 is 2.72 bits per heavy atom. The number of hydrogen-bond acceptors (Lipinski definition) is 7. The minimum absolute atomic E-state index is 0.592. The highest BCUT2D eigenvalue weighted by molar-refractivity contribution is 8.00. The molecule has 150 valence electrons. The summed E-state index contributed by atoms with van der Waals surface area (Å²) in [6, 6.07) is 11.7. The smallest absolute Gasteiger partial charge is 0.136 e. The molecule has 0 aromatic carbocycles. The number of rotatable bonds is 0. The van der Waals surface area contributed by atoms with Gasteiger partial charge >= 0.3 is 0 Å². The SMILES string of the molecule is Cc1cc2nc(c1)SNc1ccc(Cl)c(n1)-c1cccnc1NCCCCCN2. The number of nitrogens with zero attached hydrogens (tertiary/aromatic N) is 3. The van der Waals surface area contributed by atoms with Crippen LogP contribution in [0.25, 0.3) is 11.3 Å². The van der Waals surface area contributed by atoms with E-state index in [-0.39, 0.29) is 0 Å². The molecule has 0 spiro atoms. The van der Waals surface area contributed by atoms with Gasteiger partial charge in [0.2, 0.25) is 0 Å². The van der Waals surface area contributed by atoms with Crippen LogP contribution in [0.4, 0.5) is 17.5 Å². The molecular formula is C21H23ClN6S. The summed E-state index contributed by atoms with van der Waals surface area (Å²) in [6.07, 6.45) is 5.04. The molecule has 3 aromatic rings. The largest absolute Gasteiger partial charge is 0.370 e. The Morgan fingerprint density at radius 1 is 0.966 bits per heavy atom. The first kappa shape index (κ1) is 19.8. The van der Waals surface area contributed by atoms with Crippen LogP contribution < -0.4 is 15.4 Å². The lowest BCUT2D eigenvalue weighted by molar-refractivity contribution is 0.718. The summed E-state index contributed by atoms with van der Waals surface area (Å²) in [5.74, 6) is 2.42. The molecule has 8 heteroatoms. The number of hydrogen-bond donors (Lipinski definition) is 3. The van der Waals surface area contributed by atoms with Crippen molar-refractivity contribution in [2.45, 2.75) is 31.2 Å². The first-order valence-corrected chi connectivity index (χ1v) is 10.9. The summed E-state index contributed by atoms with van der Waals surface area (Å²) in [7, 11) is 0. The molecule has 4 rings (SSSR count). The van der Waals surface area contributed by atoms with Gasteiger partial charge in [-0.25, -0.2) is 15.0 Å². The monoisotopic (exact) mass is 426 g/mol. The molecule has 29 heavy (non-hydrogen) atoms. The third-order valence-corrected chi connectivity index (χ3v) is 5.60. The molecule has 0 radical (unpaired) electrons. The van der Waals surface area contributed by atoms with Crippen LogP contribution in [-0.4, -0.2) is 28.0 Å². The van der Waals surface area contributed by atoms with E-state index in [0.29, 0.717) is 16.5 Å². The van der Waals surface area contributed by atoms with Gasteiger partial charge < -0.3 is 15.4 Å². The lowest BCUT2D eigenvalue weighted by Crippen LogP contribution is -2.07. The van der Waals surface area contributed by atoms with Crippen LogP contribution in [0.1, 0.15) is 24.8 Å². The molecule has 1 aliphatic rings. The number of aryl methyl sites for hydroxylation is 1. The van der Waals surface area contributed by atoms with E-state index >= 15 is 0 Å². The minimum Gasteiger partial charge on any atom is -0.370 e. The third-order valence-electron chi connectivity index (χ3n) is 4.57. The zero-order chi connectivity index (χ0) is 20.1. The van der Waals surface area contributed by atoms with Crippen LogP contribution in [0.15, 0.2) is 47.6 Å². The van der Waals surface area contributed by atoms with Gasteiger partial charge in [-0.1, -0.05) is 11.6 Å². The van der Waals surface area contributed by atoms with Gasteiger partial charge in [0.05, 0.1) is 10.7 Å². The van der Waals surface area contributed by atoms with Gasteiger partial charge in [0.1, 0.15) is 22.5 Å². The maximum absolute atomic E-state index is 6.48. The fraction of sp³-hybridized carbons (Fsp3) is 0.286. The van der Waals surface area contributed by atoms with Crippen LogP contribution >= 0.6 is 23.5 Å². The van der Waals surface area contributed by atoms with E-state index in [1.165, 1.54) is 17.5 Å².